The van der Waals surface area contributed by atoms with Crippen molar-refractivity contribution >= 4 is 28.5 Å². The van der Waals surface area contributed by atoms with Crippen LogP contribution in [0.25, 0.3) is 22.4 Å². The molecule has 0 fully saturated rings. The van der Waals surface area contributed by atoms with Crippen LogP contribution in [0.4, 0.5) is 4.39 Å². The maximum Gasteiger partial charge on any atom is 0.339 e. The molecule has 0 atom stereocenters. The maximum absolute atomic E-state index is 13.5. The van der Waals surface area contributed by atoms with Gasteiger partial charge in [-0.25, -0.2) is 9.18 Å². The second kappa shape index (κ2) is 7.24. The van der Waals surface area contributed by atoms with Gasteiger partial charge in [0, 0.05) is 27.6 Å². The smallest absolute Gasteiger partial charge is 0.339 e. The minimum atomic E-state index is -0.806. The van der Waals surface area contributed by atoms with Crippen LogP contribution in [0.1, 0.15) is 16.2 Å². The number of halogens is 2. The largest absolute Gasteiger partial charge is 0.454 e. The van der Waals surface area contributed by atoms with Gasteiger partial charge in [0.05, 0.1) is 5.56 Å². The summed E-state index contributed by atoms with van der Waals surface area (Å²) in [4.78, 5) is 30.8. The Bertz CT molecular complexity index is 1230. The summed E-state index contributed by atoms with van der Waals surface area (Å²) in [7, 11) is 0. The molecule has 1 N–H and O–H groups in total. The number of hydrogen-bond donors (Lipinski definition) is 1. The second-order valence-electron chi connectivity index (χ2n) is 5.84. The molecular weight excluding hydrogens is 389 g/mol. The molecule has 7 nitrogen and oxygen atoms in total. The molecule has 0 aliphatic rings. The number of aromatic nitrogens is 3. The molecule has 0 radical (unpaired) electrons. The lowest BCUT2D eigenvalue weighted by Crippen LogP contribution is -2.13. The molecule has 0 amide bonds. The van der Waals surface area contributed by atoms with Crippen LogP contribution in [0.3, 0.4) is 0 Å². The van der Waals surface area contributed by atoms with Gasteiger partial charge in [0.1, 0.15) is 5.82 Å². The highest BCUT2D eigenvalue weighted by Gasteiger charge is 2.16. The number of benzene rings is 2. The Balaban J connectivity index is 1.54. The number of aromatic amines is 1. The summed E-state index contributed by atoms with van der Waals surface area (Å²) in [6.45, 7) is -0.278. The zero-order valence-electron chi connectivity index (χ0n) is 14.1. The molecule has 2 aromatic heterocycles. The lowest BCUT2D eigenvalue weighted by molar-refractivity contribution is 0.0462. The van der Waals surface area contributed by atoms with Gasteiger partial charge < -0.3 is 14.2 Å². The van der Waals surface area contributed by atoms with Crippen molar-refractivity contribution in [1.82, 2.24) is 15.1 Å². The molecule has 9 heteroatoms. The van der Waals surface area contributed by atoms with E-state index < -0.39 is 17.3 Å². The first-order chi connectivity index (χ1) is 13.5. The zero-order valence-corrected chi connectivity index (χ0v) is 14.9. The van der Waals surface area contributed by atoms with Crippen molar-refractivity contribution in [3.05, 3.63) is 81.1 Å². The number of H-pyrrole nitrogens is 1. The molecule has 0 saturated heterocycles. The Morgan fingerprint density at radius 3 is 2.75 bits per heavy atom. The predicted octanol–water partition coefficient (Wildman–Crippen LogP) is 3.73. The third-order valence-corrected chi connectivity index (χ3v) is 4.17. The van der Waals surface area contributed by atoms with E-state index in [0.717, 1.165) is 12.1 Å². The first-order valence-corrected chi connectivity index (χ1v) is 8.45. The van der Waals surface area contributed by atoms with E-state index in [1.165, 1.54) is 12.1 Å². The number of carbonyl (C=O) groups is 1. The van der Waals surface area contributed by atoms with E-state index in [2.05, 4.69) is 15.1 Å². The van der Waals surface area contributed by atoms with E-state index in [4.69, 9.17) is 20.9 Å². The van der Waals surface area contributed by atoms with Gasteiger partial charge in [0.2, 0.25) is 11.4 Å². The van der Waals surface area contributed by atoms with Crippen LogP contribution in [0.15, 0.2) is 57.8 Å². The Morgan fingerprint density at radius 2 is 1.96 bits per heavy atom. The number of nitrogens with zero attached hydrogens (tertiary/aromatic N) is 2. The molecular formula is C19H11ClFN3O4. The first kappa shape index (κ1) is 17.9. The van der Waals surface area contributed by atoms with E-state index in [-0.39, 0.29) is 29.3 Å². The van der Waals surface area contributed by atoms with Crippen molar-refractivity contribution in [3.8, 4) is 11.5 Å². The van der Waals surface area contributed by atoms with Gasteiger partial charge in [-0.2, -0.15) is 4.98 Å². The third-order valence-electron chi connectivity index (χ3n) is 3.92. The number of esters is 1. The van der Waals surface area contributed by atoms with Crippen molar-refractivity contribution in [2.24, 2.45) is 0 Å². The number of ether oxygens (including phenoxy) is 1. The minimum absolute atomic E-state index is 0.0559. The van der Waals surface area contributed by atoms with Crippen LogP contribution < -0.4 is 5.56 Å². The fraction of sp³-hybridized carbons (Fsp3) is 0.0526. The van der Waals surface area contributed by atoms with E-state index in [9.17, 15) is 14.0 Å². The van der Waals surface area contributed by atoms with Crippen LogP contribution in [0.2, 0.25) is 5.02 Å². The highest BCUT2D eigenvalue weighted by molar-refractivity contribution is 6.30. The van der Waals surface area contributed by atoms with Gasteiger partial charge in [-0.15, -0.1) is 0 Å². The normalized spacial score (nSPS) is 10.9. The molecule has 140 valence electrons. The number of fused-ring (bicyclic) bond motifs is 1. The van der Waals surface area contributed by atoms with Gasteiger partial charge in [-0.05, 0) is 42.5 Å². The molecule has 4 rings (SSSR count). The highest BCUT2D eigenvalue weighted by atomic mass is 35.5. The maximum atomic E-state index is 13.5. The molecule has 2 aromatic carbocycles. The third kappa shape index (κ3) is 3.63. The molecule has 0 aliphatic heterocycles. The van der Waals surface area contributed by atoms with Crippen LogP contribution in [0, 0.1) is 5.82 Å². The summed E-state index contributed by atoms with van der Waals surface area (Å²) in [5.74, 6) is -0.969. The molecule has 0 unspecified atom stereocenters. The quantitative estimate of drug-likeness (QED) is 0.525. The lowest BCUT2D eigenvalue weighted by Gasteiger charge is -2.06. The van der Waals surface area contributed by atoms with Crippen LogP contribution in [0.5, 0.6) is 0 Å². The van der Waals surface area contributed by atoms with Crippen molar-refractivity contribution in [3.63, 3.8) is 0 Å². The van der Waals surface area contributed by atoms with Crippen molar-refractivity contribution in [1.29, 1.82) is 0 Å². The van der Waals surface area contributed by atoms with E-state index in [1.54, 1.807) is 24.3 Å². The van der Waals surface area contributed by atoms with Crippen LogP contribution in [-0.4, -0.2) is 21.1 Å². The minimum Gasteiger partial charge on any atom is -0.454 e. The van der Waals surface area contributed by atoms with Crippen molar-refractivity contribution in [2.75, 3.05) is 0 Å². The average Bonchev–Trinajstić information content (AvgIpc) is 3.15. The number of pyridine rings is 1. The van der Waals surface area contributed by atoms with Gasteiger partial charge >= 0.3 is 5.97 Å². The Morgan fingerprint density at radius 1 is 1.18 bits per heavy atom. The van der Waals surface area contributed by atoms with E-state index >= 15 is 0 Å². The number of hydrogen-bond acceptors (Lipinski definition) is 6. The Kier molecular flexibility index (Phi) is 4.62. The number of carbonyl (C=O) groups excluding carboxylic acids is 1. The Labute approximate surface area is 161 Å². The van der Waals surface area contributed by atoms with Gasteiger partial charge in [-0.1, -0.05) is 16.8 Å². The molecule has 2 heterocycles. The molecule has 0 saturated carbocycles. The molecule has 4 aromatic rings. The Hall–Kier alpha value is -3.52. The lowest BCUT2D eigenvalue weighted by atomic mass is 10.1. The summed E-state index contributed by atoms with van der Waals surface area (Å²) in [6, 6.07) is 11.5. The summed E-state index contributed by atoms with van der Waals surface area (Å²) >= 11 is 5.84. The van der Waals surface area contributed by atoms with Gasteiger partial charge in [0.25, 0.3) is 5.89 Å². The SMILES string of the molecule is O=C(OCc1noc(-c2ccc(Cl)cc2)n1)c1cc(=O)[nH]c2ccc(F)cc12. The first-order valence-electron chi connectivity index (χ1n) is 8.08. The fourth-order valence-corrected chi connectivity index (χ4v) is 2.75. The summed E-state index contributed by atoms with van der Waals surface area (Å²) in [5, 5.41) is 4.55. The molecule has 0 bridgehead atoms. The van der Waals surface area contributed by atoms with Crippen LogP contribution in [-0.2, 0) is 11.3 Å². The van der Waals surface area contributed by atoms with Crippen molar-refractivity contribution < 1.29 is 18.4 Å². The zero-order chi connectivity index (χ0) is 19.7. The standard InChI is InChI=1S/C19H11ClFN3O4/c20-11-3-1-10(2-4-11)18-23-16(24-28-18)9-27-19(26)14-8-17(25)22-15-6-5-12(21)7-13(14)15/h1-8H,9H2,(H,22,25). The number of rotatable bonds is 4. The van der Waals surface area contributed by atoms with Gasteiger partial charge in [0.15, 0.2) is 6.61 Å². The second-order valence-corrected chi connectivity index (χ2v) is 6.27. The van der Waals surface area contributed by atoms with E-state index in [0.29, 0.717) is 16.1 Å². The fourth-order valence-electron chi connectivity index (χ4n) is 2.63. The highest BCUT2D eigenvalue weighted by Crippen LogP contribution is 2.21. The predicted molar refractivity (Wildman–Crippen MR) is 98.4 cm³/mol. The monoisotopic (exact) mass is 399 g/mol. The van der Waals surface area contributed by atoms with Gasteiger partial charge in [-0.3, -0.25) is 4.79 Å². The van der Waals surface area contributed by atoms with Crippen LogP contribution >= 0.6 is 11.6 Å². The summed E-state index contributed by atoms with van der Waals surface area (Å²) < 4.78 is 23.8. The topological polar surface area (TPSA) is 98.1 Å². The van der Waals surface area contributed by atoms with Crippen molar-refractivity contribution in [2.45, 2.75) is 6.61 Å². The average molecular weight is 400 g/mol. The van der Waals surface area contributed by atoms with E-state index in [1.807, 2.05) is 0 Å². The number of nitrogens with one attached hydrogen (secondary N) is 1. The molecule has 0 spiro atoms. The molecule has 0 aliphatic carbocycles. The summed E-state index contributed by atoms with van der Waals surface area (Å²) in [6.07, 6.45) is 0. The molecule has 28 heavy (non-hydrogen) atoms. The summed E-state index contributed by atoms with van der Waals surface area (Å²) in [5.41, 5.74) is 0.422.